The minimum atomic E-state index is -0.0668. The summed E-state index contributed by atoms with van der Waals surface area (Å²) in [6.07, 6.45) is 3.59. The SMILES string of the molecule is COc1cccc(Cn2ccn3nc(-c4ccc(C)c(C)c4)cc3c2=O)c1. The summed E-state index contributed by atoms with van der Waals surface area (Å²) in [4.78, 5) is 12.9. The first-order valence-electron chi connectivity index (χ1n) is 8.84. The summed E-state index contributed by atoms with van der Waals surface area (Å²) in [6, 6.07) is 15.8. The summed E-state index contributed by atoms with van der Waals surface area (Å²) in [7, 11) is 1.64. The largest absolute Gasteiger partial charge is 0.497 e. The van der Waals surface area contributed by atoms with Gasteiger partial charge in [-0.05, 0) is 54.8 Å². The molecule has 0 aliphatic rings. The molecular weight excluding hydrogens is 338 g/mol. The molecule has 27 heavy (non-hydrogen) atoms. The monoisotopic (exact) mass is 359 g/mol. The lowest BCUT2D eigenvalue weighted by Crippen LogP contribution is -2.21. The standard InChI is InChI=1S/C22H21N3O2/c1-15-7-8-18(11-16(15)2)20-13-21-22(26)24(9-10-25(21)23-20)14-17-5-4-6-19(12-17)27-3/h4-13H,14H2,1-3H3. The lowest BCUT2D eigenvalue weighted by molar-refractivity contribution is 0.414. The van der Waals surface area contributed by atoms with Crippen LogP contribution < -0.4 is 10.3 Å². The zero-order valence-corrected chi connectivity index (χ0v) is 15.6. The van der Waals surface area contributed by atoms with E-state index in [1.54, 1.807) is 22.4 Å². The van der Waals surface area contributed by atoms with E-state index < -0.39 is 0 Å². The molecule has 2 aromatic carbocycles. The van der Waals surface area contributed by atoms with Crippen molar-refractivity contribution in [2.75, 3.05) is 7.11 Å². The molecule has 0 bridgehead atoms. The van der Waals surface area contributed by atoms with Crippen molar-refractivity contribution in [3.05, 3.63) is 88.0 Å². The zero-order chi connectivity index (χ0) is 19.0. The Hall–Kier alpha value is -3.34. The van der Waals surface area contributed by atoms with Gasteiger partial charge in [0.25, 0.3) is 5.56 Å². The molecule has 0 aliphatic heterocycles. The van der Waals surface area contributed by atoms with Crippen molar-refractivity contribution in [2.45, 2.75) is 20.4 Å². The molecule has 0 aliphatic carbocycles. The Balaban J connectivity index is 1.73. The first-order chi connectivity index (χ1) is 13.0. The highest BCUT2D eigenvalue weighted by atomic mass is 16.5. The van der Waals surface area contributed by atoms with Gasteiger partial charge < -0.3 is 9.30 Å². The fraction of sp³-hybridized carbons (Fsp3) is 0.182. The second-order valence-corrected chi connectivity index (χ2v) is 6.74. The third-order valence-electron chi connectivity index (χ3n) is 4.89. The van der Waals surface area contributed by atoms with E-state index in [1.165, 1.54) is 11.1 Å². The number of ether oxygens (including phenoxy) is 1. The third-order valence-corrected chi connectivity index (χ3v) is 4.89. The quantitative estimate of drug-likeness (QED) is 0.556. The van der Waals surface area contributed by atoms with E-state index in [9.17, 15) is 4.79 Å². The highest BCUT2D eigenvalue weighted by Crippen LogP contribution is 2.21. The Bertz CT molecular complexity index is 1190. The molecule has 0 unspecified atom stereocenters. The van der Waals surface area contributed by atoms with Crippen molar-refractivity contribution < 1.29 is 4.74 Å². The van der Waals surface area contributed by atoms with Crippen LogP contribution in [-0.4, -0.2) is 21.3 Å². The van der Waals surface area contributed by atoms with Gasteiger partial charge in [-0.2, -0.15) is 5.10 Å². The topological polar surface area (TPSA) is 48.5 Å². The van der Waals surface area contributed by atoms with Gasteiger partial charge in [-0.1, -0.05) is 24.3 Å². The van der Waals surface area contributed by atoms with Crippen LogP contribution in [0.25, 0.3) is 16.8 Å². The van der Waals surface area contributed by atoms with Crippen LogP contribution in [0.3, 0.4) is 0 Å². The lowest BCUT2D eigenvalue weighted by atomic mass is 10.0. The number of aryl methyl sites for hydroxylation is 2. The minimum absolute atomic E-state index is 0.0668. The number of hydrogen-bond donors (Lipinski definition) is 0. The van der Waals surface area contributed by atoms with E-state index >= 15 is 0 Å². The van der Waals surface area contributed by atoms with E-state index in [1.807, 2.05) is 42.6 Å². The maximum absolute atomic E-state index is 12.9. The number of methoxy groups -OCH3 is 1. The predicted octanol–water partition coefficient (Wildman–Crippen LogP) is 3.84. The first-order valence-corrected chi connectivity index (χ1v) is 8.84. The molecule has 0 saturated carbocycles. The van der Waals surface area contributed by atoms with E-state index in [2.05, 4.69) is 31.1 Å². The van der Waals surface area contributed by atoms with Crippen LogP contribution in [0.5, 0.6) is 5.75 Å². The third kappa shape index (κ3) is 3.24. The van der Waals surface area contributed by atoms with Crippen LogP contribution >= 0.6 is 0 Å². The summed E-state index contributed by atoms with van der Waals surface area (Å²) >= 11 is 0. The summed E-state index contributed by atoms with van der Waals surface area (Å²) in [5.74, 6) is 0.781. The molecular formula is C22H21N3O2. The fourth-order valence-electron chi connectivity index (χ4n) is 3.16. The van der Waals surface area contributed by atoms with Crippen LogP contribution in [-0.2, 0) is 6.54 Å². The molecule has 0 fully saturated rings. The Morgan fingerprint density at radius 3 is 2.63 bits per heavy atom. The molecule has 0 atom stereocenters. The van der Waals surface area contributed by atoms with Gasteiger partial charge in [0.2, 0.25) is 0 Å². The average Bonchev–Trinajstić information content (AvgIpc) is 3.11. The van der Waals surface area contributed by atoms with Gasteiger partial charge in [-0.15, -0.1) is 0 Å². The number of rotatable bonds is 4. The molecule has 0 amide bonds. The number of benzene rings is 2. The van der Waals surface area contributed by atoms with Gasteiger partial charge in [-0.3, -0.25) is 4.79 Å². The van der Waals surface area contributed by atoms with Crippen molar-refractivity contribution in [2.24, 2.45) is 0 Å². The normalized spacial score (nSPS) is 11.1. The van der Waals surface area contributed by atoms with Crippen LogP contribution in [0.1, 0.15) is 16.7 Å². The second kappa shape index (κ2) is 6.76. The van der Waals surface area contributed by atoms with Crippen LogP contribution in [0.2, 0.25) is 0 Å². The van der Waals surface area contributed by atoms with E-state index in [-0.39, 0.29) is 5.56 Å². The van der Waals surface area contributed by atoms with E-state index in [4.69, 9.17) is 4.74 Å². The van der Waals surface area contributed by atoms with Gasteiger partial charge in [0.1, 0.15) is 11.3 Å². The fourth-order valence-corrected chi connectivity index (χ4v) is 3.16. The Labute approximate surface area is 157 Å². The van der Waals surface area contributed by atoms with E-state index in [0.717, 1.165) is 22.6 Å². The Kier molecular flexibility index (Phi) is 4.28. The summed E-state index contributed by atoms with van der Waals surface area (Å²) in [5.41, 5.74) is 5.77. The molecule has 5 heteroatoms. The number of nitrogens with zero attached hydrogens (tertiary/aromatic N) is 3. The molecule has 0 radical (unpaired) electrons. The maximum atomic E-state index is 12.9. The second-order valence-electron chi connectivity index (χ2n) is 6.74. The van der Waals surface area contributed by atoms with Crippen LogP contribution in [0, 0.1) is 13.8 Å². The molecule has 136 valence electrons. The molecule has 5 nitrogen and oxygen atoms in total. The van der Waals surface area contributed by atoms with Gasteiger partial charge >= 0.3 is 0 Å². The van der Waals surface area contributed by atoms with Crippen molar-refractivity contribution in [1.29, 1.82) is 0 Å². The van der Waals surface area contributed by atoms with Gasteiger partial charge in [0, 0.05) is 18.0 Å². The number of hydrogen-bond acceptors (Lipinski definition) is 3. The zero-order valence-electron chi connectivity index (χ0n) is 15.6. The van der Waals surface area contributed by atoms with Gasteiger partial charge in [0.15, 0.2) is 0 Å². The molecule has 4 aromatic rings. The highest BCUT2D eigenvalue weighted by molar-refractivity contribution is 5.66. The molecule has 0 spiro atoms. The molecule has 0 saturated heterocycles. The van der Waals surface area contributed by atoms with Crippen molar-refractivity contribution in [3.63, 3.8) is 0 Å². The van der Waals surface area contributed by atoms with Gasteiger partial charge in [-0.25, -0.2) is 4.52 Å². The summed E-state index contributed by atoms with van der Waals surface area (Å²) in [5, 5.41) is 4.57. The van der Waals surface area contributed by atoms with Crippen LogP contribution in [0.4, 0.5) is 0 Å². The highest BCUT2D eigenvalue weighted by Gasteiger charge is 2.10. The van der Waals surface area contributed by atoms with E-state index in [0.29, 0.717) is 12.1 Å². The Morgan fingerprint density at radius 2 is 1.85 bits per heavy atom. The molecule has 2 heterocycles. The number of fused-ring (bicyclic) bond motifs is 1. The molecule has 4 rings (SSSR count). The number of aromatic nitrogens is 3. The smallest absolute Gasteiger partial charge is 0.276 e. The van der Waals surface area contributed by atoms with Crippen molar-refractivity contribution in [1.82, 2.24) is 14.2 Å². The first kappa shape index (κ1) is 17.1. The average molecular weight is 359 g/mol. The van der Waals surface area contributed by atoms with Crippen molar-refractivity contribution in [3.8, 4) is 17.0 Å². The van der Waals surface area contributed by atoms with Crippen molar-refractivity contribution >= 4 is 5.52 Å². The summed E-state index contributed by atoms with van der Waals surface area (Å²) in [6.45, 7) is 4.65. The molecule has 2 aromatic heterocycles. The molecule has 0 N–H and O–H groups in total. The summed E-state index contributed by atoms with van der Waals surface area (Å²) < 4.78 is 8.60. The minimum Gasteiger partial charge on any atom is -0.497 e. The lowest BCUT2D eigenvalue weighted by Gasteiger charge is -2.07. The maximum Gasteiger partial charge on any atom is 0.276 e. The van der Waals surface area contributed by atoms with Gasteiger partial charge in [0.05, 0.1) is 19.3 Å². The Morgan fingerprint density at radius 1 is 1.00 bits per heavy atom. The predicted molar refractivity (Wildman–Crippen MR) is 106 cm³/mol. The van der Waals surface area contributed by atoms with Crippen LogP contribution in [0.15, 0.2) is 65.7 Å².